The molecular weight excluding hydrogens is 418 g/mol. The Kier molecular flexibility index (Phi) is 8.87. The van der Waals surface area contributed by atoms with Crippen molar-refractivity contribution in [2.24, 2.45) is 0 Å². The molecule has 1 amide bonds. The third kappa shape index (κ3) is 6.34. The van der Waals surface area contributed by atoms with Gasteiger partial charge in [0.2, 0.25) is 5.91 Å². The van der Waals surface area contributed by atoms with Gasteiger partial charge in [-0.15, -0.1) is 0 Å². The van der Waals surface area contributed by atoms with Gasteiger partial charge in [-0.3, -0.25) is 9.59 Å². The molecule has 3 aromatic rings. The number of aromatic nitrogens is 2. The molecule has 0 radical (unpaired) electrons. The molecule has 7 nitrogen and oxygen atoms in total. The Balaban J connectivity index is 1.77. The number of carbonyl (C=O) groups is 2. The van der Waals surface area contributed by atoms with Crippen LogP contribution in [0.1, 0.15) is 39.5 Å². The largest absolute Gasteiger partial charge is 0.494 e. The molecule has 1 aromatic heterocycles. The Bertz CT molecular complexity index is 1060. The molecule has 7 heteroatoms. The summed E-state index contributed by atoms with van der Waals surface area (Å²) in [6.07, 6.45) is 2.99. The van der Waals surface area contributed by atoms with Crippen LogP contribution in [0.25, 0.3) is 22.4 Å². The van der Waals surface area contributed by atoms with Crippen LogP contribution in [-0.2, 0) is 20.9 Å². The van der Waals surface area contributed by atoms with Gasteiger partial charge in [-0.05, 0) is 45.2 Å². The van der Waals surface area contributed by atoms with Crippen molar-refractivity contribution in [2.75, 3.05) is 26.8 Å². The first kappa shape index (κ1) is 24.3. The number of benzene rings is 2. The van der Waals surface area contributed by atoms with E-state index < -0.39 is 0 Å². The molecule has 176 valence electrons. The number of fused-ring (bicyclic) bond motifs is 1. The minimum Gasteiger partial charge on any atom is -0.494 e. The molecule has 3 rings (SSSR count). The zero-order chi connectivity index (χ0) is 23.6. The van der Waals surface area contributed by atoms with Crippen molar-refractivity contribution in [3.8, 4) is 17.1 Å². The molecule has 0 unspecified atom stereocenters. The second-order valence-corrected chi connectivity index (χ2v) is 7.84. The lowest BCUT2D eigenvalue weighted by Crippen LogP contribution is -2.33. The normalized spacial score (nSPS) is 10.9. The van der Waals surface area contributed by atoms with E-state index in [-0.39, 0.29) is 18.4 Å². The van der Waals surface area contributed by atoms with Gasteiger partial charge in [0.1, 0.15) is 18.1 Å². The van der Waals surface area contributed by atoms with E-state index in [9.17, 15) is 9.59 Å². The lowest BCUT2D eigenvalue weighted by molar-refractivity contribution is -0.140. The highest BCUT2D eigenvalue weighted by atomic mass is 16.5. The molecular formula is C26H33N3O4. The van der Waals surface area contributed by atoms with Crippen molar-refractivity contribution >= 4 is 22.9 Å². The summed E-state index contributed by atoms with van der Waals surface area (Å²) < 4.78 is 12.6. The smallest absolute Gasteiger partial charge is 0.305 e. The van der Waals surface area contributed by atoms with Crippen LogP contribution in [0.2, 0.25) is 0 Å². The average molecular weight is 452 g/mol. The quantitative estimate of drug-likeness (QED) is 0.295. The summed E-state index contributed by atoms with van der Waals surface area (Å²) in [7, 11) is 1.41. The number of likely N-dealkylation sites (N-methyl/N-ethyl adjacent to an activating group) is 1. The molecule has 0 saturated heterocycles. The monoisotopic (exact) mass is 451 g/mol. The van der Waals surface area contributed by atoms with E-state index >= 15 is 0 Å². The van der Waals surface area contributed by atoms with E-state index in [0.717, 1.165) is 47.4 Å². The van der Waals surface area contributed by atoms with Crippen LogP contribution in [0, 0.1) is 0 Å². The number of hydrogen-bond donors (Lipinski definition) is 0. The number of carbonyl (C=O) groups excluding carboxylic acids is 2. The molecule has 2 aromatic carbocycles. The zero-order valence-electron chi connectivity index (χ0n) is 19.8. The van der Waals surface area contributed by atoms with Crippen LogP contribution >= 0.6 is 0 Å². The first-order valence-electron chi connectivity index (χ1n) is 11.6. The fraction of sp³-hybridized carbons (Fsp3) is 0.423. The number of unbranched alkanes of at least 4 members (excludes halogenated alkanes) is 2. The predicted molar refractivity (Wildman–Crippen MR) is 129 cm³/mol. The number of imidazole rings is 1. The standard InChI is InChI=1S/C26H33N3O4/c1-4-28(5-2)24(30)19-29-23-16-15-21(33-17-11-7-10-14-25(31)32-3)18-22(23)27-26(29)20-12-8-6-9-13-20/h6,8-9,12-13,15-16,18H,4-5,7,10-11,14,17,19H2,1-3H3. The predicted octanol–water partition coefficient (Wildman–Crippen LogP) is 4.68. The van der Waals surface area contributed by atoms with Crippen LogP contribution in [0.15, 0.2) is 48.5 Å². The maximum Gasteiger partial charge on any atom is 0.305 e. The second kappa shape index (κ2) is 12.0. The van der Waals surface area contributed by atoms with Crippen molar-refractivity contribution in [1.82, 2.24) is 14.5 Å². The Morgan fingerprint density at radius 3 is 2.45 bits per heavy atom. The number of esters is 1. The Morgan fingerprint density at radius 2 is 1.76 bits per heavy atom. The van der Waals surface area contributed by atoms with Gasteiger partial charge >= 0.3 is 5.97 Å². The molecule has 0 atom stereocenters. The number of amides is 1. The van der Waals surface area contributed by atoms with Gasteiger partial charge in [0, 0.05) is 31.1 Å². The molecule has 0 aliphatic rings. The lowest BCUT2D eigenvalue weighted by Gasteiger charge is -2.20. The van der Waals surface area contributed by atoms with Crippen LogP contribution in [0.3, 0.4) is 0 Å². The van der Waals surface area contributed by atoms with E-state index in [2.05, 4.69) is 4.74 Å². The van der Waals surface area contributed by atoms with Crippen molar-refractivity contribution in [2.45, 2.75) is 46.1 Å². The number of ether oxygens (including phenoxy) is 2. The highest BCUT2D eigenvalue weighted by Crippen LogP contribution is 2.28. The van der Waals surface area contributed by atoms with Crippen molar-refractivity contribution < 1.29 is 19.1 Å². The van der Waals surface area contributed by atoms with E-state index in [1.807, 2.05) is 71.8 Å². The molecule has 0 spiro atoms. The summed E-state index contributed by atoms with van der Waals surface area (Å²) in [5.74, 6) is 1.41. The highest BCUT2D eigenvalue weighted by Gasteiger charge is 2.18. The summed E-state index contributed by atoms with van der Waals surface area (Å²) in [4.78, 5) is 30.7. The fourth-order valence-electron chi connectivity index (χ4n) is 3.82. The number of methoxy groups -OCH3 is 1. The van der Waals surface area contributed by atoms with Gasteiger partial charge in [0.25, 0.3) is 0 Å². The van der Waals surface area contributed by atoms with Crippen molar-refractivity contribution in [3.05, 3.63) is 48.5 Å². The minimum absolute atomic E-state index is 0.0729. The SMILES string of the molecule is CCN(CC)C(=O)Cn1c(-c2ccccc2)nc2cc(OCCCCCC(=O)OC)ccc21. The van der Waals surface area contributed by atoms with Gasteiger partial charge in [-0.2, -0.15) is 0 Å². The Labute approximate surface area is 195 Å². The first-order valence-corrected chi connectivity index (χ1v) is 11.6. The maximum absolute atomic E-state index is 12.9. The number of rotatable bonds is 12. The molecule has 1 heterocycles. The van der Waals surface area contributed by atoms with Crippen LogP contribution in [-0.4, -0.2) is 53.1 Å². The molecule has 0 aliphatic carbocycles. The van der Waals surface area contributed by atoms with Crippen LogP contribution in [0.5, 0.6) is 5.75 Å². The minimum atomic E-state index is -0.175. The number of nitrogens with zero attached hydrogens (tertiary/aromatic N) is 3. The molecule has 0 saturated carbocycles. The molecule has 0 N–H and O–H groups in total. The van der Waals surface area contributed by atoms with E-state index in [4.69, 9.17) is 9.72 Å². The third-order valence-corrected chi connectivity index (χ3v) is 5.68. The summed E-state index contributed by atoms with van der Waals surface area (Å²) in [6.45, 7) is 6.15. The average Bonchev–Trinajstić information content (AvgIpc) is 3.19. The van der Waals surface area contributed by atoms with E-state index in [0.29, 0.717) is 26.1 Å². The van der Waals surface area contributed by atoms with E-state index in [1.54, 1.807) is 0 Å². The van der Waals surface area contributed by atoms with Gasteiger partial charge < -0.3 is 18.9 Å². The van der Waals surface area contributed by atoms with Gasteiger partial charge in [0.05, 0.1) is 24.8 Å². The number of hydrogen-bond acceptors (Lipinski definition) is 5. The highest BCUT2D eigenvalue weighted by molar-refractivity contribution is 5.85. The molecule has 33 heavy (non-hydrogen) atoms. The Hall–Kier alpha value is -3.35. The second-order valence-electron chi connectivity index (χ2n) is 7.84. The fourth-order valence-corrected chi connectivity index (χ4v) is 3.82. The molecule has 0 bridgehead atoms. The van der Waals surface area contributed by atoms with Gasteiger partial charge in [-0.1, -0.05) is 30.3 Å². The van der Waals surface area contributed by atoms with Crippen LogP contribution < -0.4 is 4.74 Å². The summed E-state index contributed by atoms with van der Waals surface area (Å²) in [5, 5.41) is 0. The van der Waals surface area contributed by atoms with Gasteiger partial charge in [0.15, 0.2) is 0 Å². The summed E-state index contributed by atoms with van der Waals surface area (Å²) in [5.41, 5.74) is 2.67. The summed E-state index contributed by atoms with van der Waals surface area (Å²) >= 11 is 0. The Morgan fingerprint density at radius 1 is 1.00 bits per heavy atom. The zero-order valence-corrected chi connectivity index (χ0v) is 19.8. The van der Waals surface area contributed by atoms with E-state index in [1.165, 1.54) is 7.11 Å². The van der Waals surface area contributed by atoms with Crippen LogP contribution in [0.4, 0.5) is 0 Å². The summed E-state index contributed by atoms with van der Waals surface area (Å²) in [6, 6.07) is 15.7. The third-order valence-electron chi connectivity index (χ3n) is 5.68. The molecule has 0 aliphatic heterocycles. The maximum atomic E-state index is 12.9. The van der Waals surface area contributed by atoms with Gasteiger partial charge in [-0.25, -0.2) is 4.98 Å². The van der Waals surface area contributed by atoms with Crippen molar-refractivity contribution in [1.29, 1.82) is 0 Å². The molecule has 0 fully saturated rings. The first-order chi connectivity index (χ1) is 16.1. The topological polar surface area (TPSA) is 73.7 Å². The van der Waals surface area contributed by atoms with Crippen molar-refractivity contribution in [3.63, 3.8) is 0 Å². The lowest BCUT2D eigenvalue weighted by atomic mass is 10.2.